The third-order valence-corrected chi connectivity index (χ3v) is 5.90. The Hall–Kier alpha value is -2.05. The predicted octanol–water partition coefficient (Wildman–Crippen LogP) is 4.15. The molecule has 0 atom stereocenters. The minimum atomic E-state index is -0.946. The van der Waals surface area contributed by atoms with Gasteiger partial charge in [0.25, 0.3) is 0 Å². The lowest BCUT2D eigenvalue weighted by molar-refractivity contribution is -0.136. The van der Waals surface area contributed by atoms with Crippen LogP contribution in [0.5, 0.6) is 0 Å². The third-order valence-electron chi connectivity index (χ3n) is 4.78. The number of benzene rings is 1. The van der Waals surface area contributed by atoms with Crippen LogP contribution in [0.25, 0.3) is 0 Å². The molecule has 1 aromatic heterocycles. The Morgan fingerprint density at radius 2 is 1.89 bits per heavy atom. The first-order valence-corrected chi connectivity index (χ1v) is 10.1. The number of hydrogen-bond donors (Lipinski definition) is 1. The summed E-state index contributed by atoms with van der Waals surface area (Å²) in [7, 11) is 0. The summed E-state index contributed by atoms with van der Waals surface area (Å²) in [5.41, 5.74) is 1.73. The van der Waals surface area contributed by atoms with Gasteiger partial charge in [-0.25, -0.2) is 4.98 Å². The zero-order valence-electron chi connectivity index (χ0n) is 14.7. The molecule has 0 aliphatic heterocycles. The fraction of sp³-hybridized carbons (Fsp3) is 0.400. The maximum absolute atomic E-state index is 13.0. The Balaban J connectivity index is 1.82. The molecular weight excluding hydrogens is 386 g/mol. The summed E-state index contributed by atoms with van der Waals surface area (Å²) in [6.07, 6.45) is 5.44. The van der Waals surface area contributed by atoms with Crippen LogP contribution in [-0.4, -0.2) is 27.6 Å². The highest BCUT2D eigenvalue weighted by atomic mass is 35.5. The first-order chi connectivity index (χ1) is 12.9. The fourth-order valence-electron chi connectivity index (χ4n) is 3.51. The molecule has 5 nitrogen and oxygen atoms in total. The van der Waals surface area contributed by atoms with Crippen molar-refractivity contribution in [2.75, 3.05) is 0 Å². The Morgan fingerprint density at radius 1 is 1.15 bits per heavy atom. The molecule has 0 spiro atoms. The Morgan fingerprint density at radius 3 is 2.52 bits per heavy atom. The number of carbonyl (C=O) groups excluding carboxylic acids is 2. The highest BCUT2D eigenvalue weighted by molar-refractivity contribution is 7.15. The van der Waals surface area contributed by atoms with Gasteiger partial charge in [-0.1, -0.05) is 36.6 Å². The van der Waals surface area contributed by atoms with E-state index in [1.54, 1.807) is 18.2 Å². The lowest BCUT2D eigenvalue weighted by atomic mass is 9.89. The summed E-state index contributed by atoms with van der Waals surface area (Å²) in [6.45, 7) is 0. The normalized spacial score (nSPS) is 14.4. The largest absolute Gasteiger partial charge is 0.481 e. The summed E-state index contributed by atoms with van der Waals surface area (Å²) >= 11 is 7.12. The zero-order chi connectivity index (χ0) is 19.4. The van der Waals surface area contributed by atoms with Gasteiger partial charge >= 0.3 is 5.97 Å². The number of halogens is 1. The number of hydrogen-bond acceptors (Lipinski definition) is 5. The van der Waals surface area contributed by atoms with E-state index in [2.05, 4.69) is 4.98 Å². The summed E-state index contributed by atoms with van der Waals surface area (Å²) in [6, 6.07) is 5.05. The molecule has 1 fully saturated rings. The number of rotatable bonds is 8. The number of carboxylic acid groups (broad SMARTS) is 1. The van der Waals surface area contributed by atoms with Gasteiger partial charge in [0.05, 0.1) is 19.0 Å². The molecule has 3 rings (SSSR count). The molecule has 0 radical (unpaired) electrons. The van der Waals surface area contributed by atoms with Gasteiger partial charge in [0.1, 0.15) is 15.1 Å². The second-order valence-electron chi connectivity index (χ2n) is 6.86. The molecule has 1 saturated carbocycles. The van der Waals surface area contributed by atoms with E-state index < -0.39 is 5.97 Å². The van der Waals surface area contributed by atoms with E-state index in [0.29, 0.717) is 26.0 Å². The molecule has 7 heteroatoms. The minimum absolute atomic E-state index is 0.0276. The fourth-order valence-corrected chi connectivity index (χ4v) is 4.50. The minimum Gasteiger partial charge on any atom is -0.481 e. The number of nitrogens with zero attached hydrogens (tertiary/aromatic N) is 1. The van der Waals surface area contributed by atoms with Crippen molar-refractivity contribution in [3.05, 3.63) is 50.4 Å². The van der Waals surface area contributed by atoms with Gasteiger partial charge < -0.3 is 5.11 Å². The molecule has 1 aromatic carbocycles. The average Bonchev–Trinajstić information content (AvgIpc) is 3.27. The SMILES string of the molecule is O=C(O)Cc1ccc(CC(=O)Cc2ncc(Cl)s2)c(C(=O)C2CCCC2)c1. The number of aliphatic carboxylic acids is 1. The van der Waals surface area contributed by atoms with Crippen LogP contribution in [0.1, 0.15) is 52.2 Å². The second kappa shape index (κ2) is 8.76. The van der Waals surface area contributed by atoms with Crippen molar-refractivity contribution >= 4 is 40.5 Å². The summed E-state index contributed by atoms with van der Waals surface area (Å²) in [5.74, 6) is -0.997. The molecule has 1 N–H and O–H groups in total. The van der Waals surface area contributed by atoms with Crippen LogP contribution in [0.3, 0.4) is 0 Å². The number of ketones is 2. The van der Waals surface area contributed by atoms with Crippen molar-refractivity contribution in [1.29, 1.82) is 0 Å². The Labute approximate surface area is 166 Å². The highest BCUT2D eigenvalue weighted by Gasteiger charge is 2.26. The molecule has 0 unspecified atom stereocenters. The number of carboxylic acids is 1. The van der Waals surface area contributed by atoms with Crippen LogP contribution < -0.4 is 0 Å². The highest BCUT2D eigenvalue weighted by Crippen LogP contribution is 2.30. The Kier molecular flexibility index (Phi) is 6.39. The monoisotopic (exact) mass is 405 g/mol. The number of thiazole rings is 1. The zero-order valence-corrected chi connectivity index (χ0v) is 16.3. The molecule has 1 heterocycles. The molecular formula is C20H20ClNO4S. The molecule has 1 aliphatic rings. The predicted molar refractivity (Wildman–Crippen MR) is 104 cm³/mol. The van der Waals surface area contributed by atoms with Crippen molar-refractivity contribution in [3.8, 4) is 0 Å². The quantitative estimate of drug-likeness (QED) is 0.667. The Bertz CT molecular complexity index is 871. The topological polar surface area (TPSA) is 84.3 Å². The lowest BCUT2D eigenvalue weighted by Gasteiger charge is -2.14. The van der Waals surface area contributed by atoms with E-state index in [1.807, 2.05) is 0 Å². The van der Waals surface area contributed by atoms with Gasteiger partial charge in [-0.2, -0.15) is 0 Å². The van der Waals surface area contributed by atoms with Gasteiger partial charge in [-0.05, 0) is 30.0 Å². The number of aromatic nitrogens is 1. The number of carbonyl (C=O) groups is 3. The van der Waals surface area contributed by atoms with E-state index in [0.717, 1.165) is 25.7 Å². The van der Waals surface area contributed by atoms with Gasteiger partial charge in [0.2, 0.25) is 0 Å². The smallest absolute Gasteiger partial charge is 0.307 e. The van der Waals surface area contributed by atoms with Crippen molar-refractivity contribution in [2.45, 2.75) is 44.9 Å². The van der Waals surface area contributed by atoms with Gasteiger partial charge in [-0.15, -0.1) is 11.3 Å². The van der Waals surface area contributed by atoms with E-state index >= 15 is 0 Å². The second-order valence-corrected chi connectivity index (χ2v) is 8.60. The van der Waals surface area contributed by atoms with Crippen LogP contribution in [0.4, 0.5) is 0 Å². The molecule has 142 valence electrons. The van der Waals surface area contributed by atoms with E-state index in [-0.39, 0.29) is 36.7 Å². The molecule has 2 aromatic rings. The van der Waals surface area contributed by atoms with E-state index in [9.17, 15) is 14.4 Å². The molecule has 27 heavy (non-hydrogen) atoms. The number of Topliss-reactive ketones (excluding diaryl/α,β-unsaturated/α-hetero) is 2. The summed E-state index contributed by atoms with van der Waals surface area (Å²) in [5, 5.41) is 9.68. The molecule has 0 bridgehead atoms. The molecule has 1 aliphatic carbocycles. The van der Waals surface area contributed by atoms with Crippen LogP contribution in [0.15, 0.2) is 24.4 Å². The van der Waals surface area contributed by atoms with E-state index in [4.69, 9.17) is 16.7 Å². The summed E-state index contributed by atoms with van der Waals surface area (Å²) in [4.78, 5) is 40.5. The lowest BCUT2D eigenvalue weighted by Crippen LogP contribution is -2.17. The van der Waals surface area contributed by atoms with Crippen LogP contribution in [-0.2, 0) is 28.9 Å². The van der Waals surface area contributed by atoms with Gasteiger partial charge in [-0.3, -0.25) is 14.4 Å². The first-order valence-electron chi connectivity index (χ1n) is 8.92. The van der Waals surface area contributed by atoms with Crippen molar-refractivity contribution in [1.82, 2.24) is 4.98 Å². The van der Waals surface area contributed by atoms with E-state index in [1.165, 1.54) is 17.5 Å². The standard InChI is InChI=1S/C20H20ClNO4S/c21-17-11-22-18(27-17)10-15(23)9-14-6-5-12(8-19(24)25)7-16(14)20(26)13-3-1-2-4-13/h5-7,11,13H,1-4,8-10H2,(H,24,25). The third kappa shape index (κ3) is 5.23. The van der Waals surface area contributed by atoms with Gasteiger partial charge in [0, 0.05) is 17.9 Å². The van der Waals surface area contributed by atoms with Crippen LogP contribution >= 0.6 is 22.9 Å². The molecule has 0 amide bonds. The molecule has 0 saturated heterocycles. The van der Waals surface area contributed by atoms with Crippen molar-refractivity contribution < 1.29 is 19.5 Å². The van der Waals surface area contributed by atoms with Gasteiger partial charge in [0.15, 0.2) is 5.78 Å². The van der Waals surface area contributed by atoms with Crippen LogP contribution in [0, 0.1) is 5.92 Å². The van der Waals surface area contributed by atoms with Crippen LogP contribution in [0.2, 0.25) is 4.34 Å². The first kappa shape index (κ1) is 19.7. The van der Waals surface area contributed by atoms with Crippen molar-refractivity contribution in [2.24, 2.45) is 5.92 Å². The maximum atomic E-state index is 13.0. The maximum Gasteiger partial charge on any atom is 0.307 e. The average molecular weight is 406 g/mol. The van der Waals surface area contributed by atoms with Crippen molar-refractivity contribution in [3.63, 3.8) is 0 Å². The summed E-state index contributed by atoms with van der Waals surface area (Å²) < 4.78 is 0.535.